The minimum atomic E-state index is -0.948. The molecule has 2 aliphatic heterocycles. The predicted molar refractivity (Wildman–Crippen MR) is 129 cm³/mol. The highest BCUT2D eigenvalue weighted by Crippen LogP contribution is 2.44. The summed E-state index contributed by atoms with van der Waals surface area (Å²) < 4.78 is 6.24. The van der Waals surface area contributed by atoms with Gasteiger partial charge in [0, 0.05) is 12.0 Å². The van der Waals surface area contributed by atoms with Crippen LogP contribution in [-0.4, -0.2) is 40.1 Å². The van der Waals surface area contributed by atoms with Crippen molar-refractivity contribution >= 4 is 11.9 Å². The van der Waals surface area contributed by atoms with Crippen molar-refractivity contribution in [1.29, 1.82) is 0 Å². The molecule has 6 rings (SSSR count). The number of amides is 1. The molecule has 174 valence electrons. The number of carboxylic acids is 1. The fourth-order valence-electron chi connectivity index (χ4n) is 5.68. The van der Waals surface area contributed by atoms with Gasteiger partial charge in [0.05, 0.1) is 18.6 Å². The molecule has 3 fully saturated rings. The number of nitrogens with zero attached hydrogens (tertiary/aromatic N) is 1. The maximum atomic E-state index is 14.1. The first-order valence-electron chi connectivity index (χ1n) is 11.9. The van der Waals surface area contributed by atoms with Gasteiger partial charge in [-0.15, -0.1) is 0 Å². The lowest BCUT2D eigenvalue weighted by molar-refractivity contribution is -0.177. The summed E-state index contributed by atoms with van der Waals surface area (Å²) in [5.41, 5.74) is 2.82. The molecule has 2 saturated heterocycles. The third-order valence-electron chi connectivity index (χ3n) is 7.24. The molecule has 0 radical (unpaired) electrons. The molecule has 3 aromatic rings. The fourth-order valence-corrected chi connectivity index (χ4v) is 5.68. The number of fused-ring (bicyclic) bond motifs is 3. The minimum absolute atomic E-state index is 0.138. The van der Waals surface area contributed by atoms with Gasteiger partial charge < -0.3 is 14.7 Å². The van der Waals surface area contributed by atoms with Crippen LogP contribution >= 0.6 is 0 Å². The lowest BCUT2D eigenvalue weighted by Gasteiger charge is -2.53. The zero-order valence-corrected chi connectivity index (χ0v) is 19.0. The highest BCUT2D eigenvalue weighted by atomic mass is 16.5. The number of aliphatic carboxylic acids is 1. The number of carbonyl (C=O) groups is 2. The van der Waals surface area contributed by atoms with Crippen LogP contribution in [0.4, 0.5) is 0 Å². The fraction of sp³-hybridized carbons (Fsp3) is 0.310. The van der Waals surface area contributed by atoms with Gasteiger partial charge in [0.15, 0.2) is 0 Å². The third-order valence-corrected chi connectivity index (χ3v) is 7.24. The number of hydrogen-bond acceptors (Lipinski definition) is 3. The molecule has 3 aromatic carbocycles. The van der Waals surface area contributed by atoms with E-state index in [2.05, 4.69) is 0 Å². The van der Waals surface area contributed by atoms with Crippen LogP contribution in [0, 0.1) is 5.92 Å². The van der Waals surface area contributed by atoms with E-state index in [1.54, 1.807) is 4.90 Å². The minimum Gasteiger partial charge on any atom is -0.480 e. The number of hydrogen-bond donors (Lipinski definition) is 1. The van der Waals surface area contributed by atoms with Gasteiger partial charge in [-0.25, -0.2) is 4.79 Å². The normalized spacial score (nSPS) is 23.7. The molecular weight excluding hydrogens is 426 g/mol. The van der Waals surface area contributed by atoms with Crippen molar-refractivity contribution in [2.24, 2.45) is 5.92 Å². The molecule has 5 nitrogen and oxygen atoms in total. The van der Waals surface area contributed by atoms with Crippen LogP contribution < -0.4 is 0 Å². The molecule has 2 heterocycles. The molecule has 1 amide bonds. The number of carbonyl (C=O) groups excluding carboxylic acids is 1. The second-order valence-electron chi connectivity index (χ2n) is 9.25. The number of rotatable bonds is 7. The SMILES string of the molecule is O=C(O)[C@@H]1C2CCC(CC2OCc2ccccc2)N1C(=O)C(c1ccccc1)c1ccccc1. The number of ether oxygens (including phenoxy) is 1. The van der Waals surface area contributed by atoms with Crippen LogP contribution in [-0.2, 0) is 20.9 Å². The van der Waals surface area contributed by atoms with Crippen molar-refractivity contribution in [2.75, 3.05) is 0 Å². The van der Waals surface area contributed by atoms with E-state index in [1.165, 1.54) is 0 Å². The molecular formula is C29H29NO4. The third kappa shape index (κ3) is 4.36. The molecule has 3 aliphatic rings. The lowest BCUT2D eigenvalue weighted by atomic mass is 9.71. The van der Waals surface area contributed by atoms with Gasteiger partial charge in [0.1, 0.15) is 6.04 Å². The zero-order chi connectivity index (χ0) is 23.5. The molecule has 0 aromatic heterocycles. The van der Waals surface area contributed by atoms with Gasteiger partial charge in [-0.1, -0.05) is 91.0 Å². The van der Waals surface area contributed by atoms with Crippen LogP contribution in [0.25, 0.3) is 0 Å². The van der Waals surface area contributed by atoms with Crippen molar-refractivity contribution in [3.8, 4) is 0 Å². The Bertz CT molecular complexity index is 1080. The summed E-state index contributed by atoms with van der Waals surface area (Å²) >= 11 is 0. The van der Waals surface area contributed by atoms with Gasteiger partial charge in [-0.05, 0) is 36.0 Å². The van der Waals surface area contributed by atoms with Crippen molar-refractivity contribution in [3.63, 3.8) is 0 Å². The summed E-state index contributed by atoms with van der Waals surface area (Å²) in [5.74, 6) is -1.84. The van der Waals surface area contributed by atoms with E-state index in [0.29, 0.717) is 13.0 Å². The first-order chi connectivity index (χ1) is 16.6. The predicted octanol–water partition coefficient (Wildman–Crippen LogP) is 4.87. The molecule has 1 aliphatic carbocycles. The van der Waals surface area contributed by atoms with Gasteiger partial charge in [0.2, 0.25) is 5.91 Å². The molecule has 3 unspecified atom stereocenters. The van der Waals surface area contributed by atoms with Gasteiger partial charge in [-0.3, -0.25) is 4.79 Å². The number of benzene rings is 3. The Morgan fingerprint density at radius 3 is 1.97 bits per heavy atom. The summed E-state index contributed by atoms with van der Waals surface area (Å²) in [6.45, 7) is 0.450. The van der Waals surface area contributed by atoms with E-state index in [4.69, 9.17) is 4.74 Å². The molecule has 1 saturated carbocycles. The Kier molecular flexibility index (Phi) is 6.45. The second kappa shape index (κ2) is 9.82. The van der Waals surface area contributed by atoms with E-state index in [-0.39, 0.29) is 24.0 Å². The maximum absolute atomic E-state index is 14.1. The monoisotopic (exact) mass is 455 g/mol. The number of carboxylic acid groups (broad SMARTS) is 1. The summed E-state index contributed by atoms with van der Waals surface area (Å²) in [4.78, 5) is 28.3. The average Bonchev–Trinajstić information content (AvgIpc) is 2.89. The molecule has 1 N–H and O–H groups in total. The van der Waals surface area contributed by atoms with Gasteiger partial charge in [0.25, 0.3) is 0 Å². The highest BCUT2D eigenvalue weighted by Gasteiger charge is 2.53. The molecule has 4 atom stereocenters. The number of piperidine rings is 2. The Labute approximate surface area is 200 Å². The van der Waals surface area contributed by atoms with E-state index in [1.807, 2.05) is 91.0 Å². The van der Waals surface area contributed by atoms with Crippen LogP contribution in [0.5, 0.6) is 0 Å². The molecule has 34 heavy (non-hydrogen) atoms. The molecule has 2 bridgehead atoms. The van der Waals surface area contributed by atoms with Crippen molar-refractivity contribution < 1.29 is 19.4 Å². The largest absolute Gasteiger partial charge is 0.480 e. The molecule has 5 heteroatoms. The first kappa shape index (κ1) is 22.4. The molecule has 0 spiro atoms. The van der Waals surface area contributed by atoms with Crippen LogP contribution in [0.1, 0.15) is 41.9 Å². The van der Waals surface area contributed by atoms with Crippen molar-refractivity contribution in [1.82, 2.24) is 4.90 Å². The maximum Gasteiger partial charge on any atom is 0.326 e. The van der Waals surface area contributed by atoms with E-state index >= 15 is 0 Å². The standard InChI is InChI=1S/C29H29NO4/c31-28(26(21-12-6-2-7-13-21)22-14-8-3-9-15-22)30-23-16-17-24(27(30)29(32)33)25(18-23)34-19-20-10-4-1-5-11-20/h1-15,23-27H,16-19H2,(H,32,33)/t23?,24?,25?,27-/m0/s1. The Hall–Kier alpha value is -3.44. The summed E-state index contributed by atoms with van der Waals surface area (Å²) in [7, 11) is 0. The smallest absolute Gasteiger partial charge is 0.326 e. The van der Waals surface area contributed by atoms with Crippen LogP contribution in [0.3, 0.4) is 0 Å². The average molecular weight is 456 g/mol. The van der Waals surface area contributed by atoms with Crippen LogP contribution in [0.2, 0.25) is 0 Å². The summed E-state index contributed by atoms with van der Waals surface area (Å²) in [5, 5.41) is 10.3. The second-order valence-corrected chi connectivity index (χ2v) is 9.25. The van der Waals surface area contributed by atoms with E-state index in [0.717, 1.165) is 29.5 Å². The first-order valence-corrected chi connectivity index (χ1v) is 11.9. The Morgan fingerprint density at radius 1 is 0.853 bits per heavy atom. The Balaban J connectivity index is 1.43. The van der Waals surface area contributed by atoms with Crippen molar-refractivity contribution in [2.45, 2.75) is 50.0 Å². The Morgan fingerprint density at radius 2 is 1.41 bits per heavy atom. The van der Waals surface area contributed by atoms with Crippen LogP contribution in [0.15, 0.2) is 91.0 Å². The quantitative estimate of drug-likeness (QED) is 0.552. The zero-order valence-electron chi connectivity index (χ0n) is 19.0. The van der Waals surface area contributed by atoms with Crippen molar-refractivity contribution in [3.05, 3.63) is 108 Å². The van der Waals surface area contributed by atoms with Gasteiger partial charge in [-0.2, -0.15) is 0 Å². The summed E-state index contributed by atoms with van der Waals surface area (Å²) in [6.07, 6.45) is 2.06. The van der Waals surface area contributed by atoms with Gasteiger partial charge >= 0.3 is 5.97 Å². The van der Waals surface area contributed by atoms with E-state index < -0.39 is 17.9 Å². The topological polar surface area (TPSA) is 66.8 Å². The lowest BCUT2D eigenvalue weighted by Crippen LogP contribution is -2.65. The summed E-state index contributed by atoms with van der Waals surface area (Å²) in [6, 6.07) is 28.2. The highest BCUT2D eigenvalue weighted by molar-refractivity contribution is 5.91. The van der Waals surface area contributed by atoms with E-state index in [9.17, 15) is 14.7 Å².